The first-order chi connectivity index (χ1) is 8.16. The van der Waals surface area contributed by atoms with E-state index in [9.17, 15) is 5.11 Å². The first-order valence-corrected chi connectivity index (χ1v) is 6.74. The van der Waals surface area contributed by atoms with Gasteiger partial charge in [0.05, 0.1) is 6.61 Å². The predicted octanol–water partition coefficient (Wildman–Crippen LogP) is 2.69. The normalized spacial score (nSPS) is 18.0. The van der Waals surface area contributed by atoms with E-state index in [1.165, 1.54) is 0 Å². The lowest BCUT2D eigenvalue weighted by Crippen LogP contribution is -2.25. The van der Waals surface area contributed by atoms with Crippen molar-refractivity contribution in [3.05, 3.63) is 27.7 Å². The molecule has 0 radical (unpaired) electrons. The Kier molecular flexibility index (Phi) is 4.42. The van der Waals surface area contributed by atoms with Crippen molar-refractivity contribution in [2.24, 2.45) is 0 Å². The molecule has 2 rings (SSSR count). The summed E-state index contributed by atoms with van der Waals surface area (Å²) in [5.74, 6) is 0.415. The molecule has 0 atom stereocenters. The van der Waals surface area contributed by atoms with E-state index in [1.807, 2.05) is 19.1 Å². The molecular weight excluding hydrogens is 282 g/mol. The van der Waals surface area contributed by atoms with Gasteiger partial charge in [0.15, 0.2) is 0 Å². The second-order valence-corrected chi connectivity index (χ2v) is 5.39. The van der Waals surface area contributed by atoms with Crippen LogP contribution < -0.4 is 0 Å². The summed E-state index contributed by atoms with van der Waals surface area (Å²) in [5, 5.41) is 10.0. The zero-order valence-electron chi connectivity index (χ0n) is 10.1. The van der Waals surface area contributed by atoms with Crippen LogP contribution in [0.1, 0.15) is 17.5 Å². The van der Waals surface area contributed by atoms with E-state index in [0.29, 0.717) is 5.75 Å². The van der Waals surface area contributed by atoms with E-state index >= 15 is 0 Å². The van der Waals surface area contributed by atoms with E-state index in [-0.39, 0.29) is 0 Å². The highest BCUT2D eigenvalue weighted by Crippen LogP contribution is 2.27. The highest BCUT2D eigenvalue weighted by molar-refractivity contribution is 9.10. The Hall–Kier alpha value is -0.580. The van der Waals surface area contributed by atoms with Crippen LogP contribution in [0.4, 0.5) is 0 Å². The summed E-state index contributed by atoms with van der Waals surface area (Å²) in [6, 6.07) is 3.93. The SMILES string of the molecule is Cc1cc(Br)cc(CN2CCCOCC2)c1O. The Morgan fingerprint density at radius 3 is 3.00 bits per heavy atom. The van der Waals surface area contributed by atoms with Crippen molar-refractivity contribution >= 4 is 15.9 Å². The monoisotopic (exact) mass is 299 g/mol. The molecule has 0 bridgehead atoms. The molecule has 4 heteroatoms. The van der Waals surface area contributed by atoms with E-state index < -0.39 is 0 Å². The predicted molar refractivity (Wildman–Crippen MR) is 71.3 cm³/mol. The lowest BCUT2D eigenvalue weighted by molar-refractivity contribution is 0.140. The maximum atomic E-state index is 10.0. The summed E-state index contributed by atoms with van der Waals surface area (Å²) in [7, 11) is 0. The molecule has 1 saturated heterocycles. The van der Waals surface area contributed by atoms with E-state index in [4.69, 9.17) is 4.74 Å². The molecule has 1 aromatic rings. The van der Waals surface area contributed by atoms with Gasteiger partial charge in [-0.05, 0) is 31.0 Å². The molecule has 94 valence electrons. The number of phenols is 1. The van der Waals surface area contributed by atoms with Gasteiger partial charge >= 0.3 is 0 Å². The third kappa shape index (κ3) is 3.44. The van der Waals surface area contributed by atoms with Crippen LogP contribution >= 0.6 is 15.9 Å². The van der Waals surface area contributed by atoms with E-state index in [0.717, 1.165) is 54.9 Å². The van der Waals surface area contributed by atoms with Crippen LogP contribution in [0.3, 0.4) is 0 Å². The zero-order chi connectivity index (χ0) is 12.3. The van der Waals surface area contributed by atoms with E-state index in [1.54, 1.807) is 0 Å². The second-order valence-electron chi connectivity index (χ2n) is 4.47. The average molecular weight is 300 g/mol. The van der Waals surface area contributed by atoms with Gasteiger partial charge in [-0.2, -0.15) is 0 Å². The zero-order valence-corrected chi connectivity index (χ0v) is 11.7. The number of aryl methyl sites for hydroxylation is 1. The van der Waals surface area contributed by atoms with Crippen molar-refractivity contribution in [2.75, 3.05) is 26.3 Å². The summed E-state index contributed by atoms with van der Waals surface area (Å²) < 4.78 is 6.45. The number of nitrogens with zero attached hydrogens (tertiary/aromatic N) is 1. The van der Waals surface area contributed by atoms with Crippen molar-refractivity contribution in [3.63, 3.8) is 0 Å². The molecule has 0 aliphatic carbocycles. The quantitative estimate of drug-likeness (QED) is 0.911. The van der Waals surface area contributed by atoms with Gasteiger partial charge in [0.1, 0.15) is 5.75 Å². The molecule has 0 spiro atoms. The number of rotatable bonds is 2. The van der Waals surface area contributed by atoms with E-state index in [2.05, 4.69) is 20.8 Å². The topological polar surface area (TPSA) is 32.7 Å². The van der Waals surface area contributed by atoms with Crippen LogP contribution in [-0.2, 0) is 11.3 Å². The Morgan fingerprint density at radius 2 is 2.18 bits per heavy atom. The highest BCUT2D eigenvalue weighted by atomic mass is 79.9. The molecule has 0 saturated carbocycles. The standard InChI is InChI=1S/C13H18BrNO2/c1-10-7-12(14)8-11(13(10)16)9-15-3-2-5-17-6-4-15/h7-8,16H,2-6,9H2,1H3. The van der Waals surface area contributed by atoms with Gasteiger partial charge in [-0.1, -0.05) is 15.9 Å². The van der Waals surface area contributed by atoms with Crippen molar-refractivity contribution < 1.29 is 9.84 Å². The Labute approximate surface area is 111 Å². The summed E-state index contributed by atoms with van der Waals surface area (Å²) in [4.78, 5) is 2.33. The molecule has 17 heavy (non-hydrogen) atoms. The lowest BCUT2D eigenvalue weighted by Gasteiger charge is -2.20. The van der Waals surface area contributed by atoms with Gasteiger partial charge in [0.2, 0.25) is 0 Å². The van der Waals surface area contributed by atoms with Crippen molar-refractivity contribution in [1.82, 2.24) is 4.90 Å². The molecular formula is C13H18BrNO2. The second kappa shape index (κ2) is 5.85. The largest absolute Gasteiger partial charge is 0.507 e. The van der Waals surface area contributed by atoms with Gasteiger partial charge in [-0.15, -0.1) is 0 Å². The lowest BCUT2D eigenvalue weighted by atomic mass is 10.1. The van der Waals surface area contributed by atoms with Crippen molar-refractivity contribution in [2.45, 2.75) is 19.9 Å². The molecule has 0 amide bonds. The molecule has 0 aromatic heterocycles. The maximum absolute atomic E-state index is 10.0. The van der Waals surface area contributed by atoms with Crippen LogP contribution in [0.2, 0.25) is 0 Å². The first-order valence-electron chi connectivity index (χ1n) is 5.95. The third-order valence-corrected chi connectivity index (χ3v) is 3.51. The van der Waals surface area contributed by atoms with Gasteiger partial charge < -0.3 is 9.84 Å². The van der Waals surface area contributed by atoms with Gasteiger partial charge in [0, 0.05) is 36.3 Å². The Morgan fingerprint density at radius 1 is 1.35 bits per heavy atom. The van der Waals surface area contributed by atoms with Crippen LogP contribution in [0.25, 0.3) is 0 Å². The van der Waals surface area contributed by atoms with Crippen molar-refractivity contribution in [1.29, 1.82) is 0 Å². The third-order valence-electron chi connectivity index (χ3n) is 3.05. The number of halogens is 1. The fraction of sp³-hybridized carbons (Fsp3) is 0.538. The molecule has 1 aromatic carbocycles. The molecule has 0 unspecified atom stereocenters. The summed E-state index contributed by atoms with van der Waals surface area (Å²) in [6.07, 6.45) is 1.06. The van der Waals surface area contributed by atoms with Crippen LogP contribution in [0.15, 0.2) is 16.6 Å². The van der Waals surface area contributed by atoms with Crippen LogP contribution in [0.5, 0.6) is 5.75 Å². The Bertz CT molecular complexity index is 387. The molecule has 1 heterocycles. The summed E-state index contributed by atoms with van der Waals surface area (Å²) in [5.41, 5.74) is 1.90. The van der Waals surface area contributed by atoms with Gasteiger partial charge in [0.25, 0.3) is 0 Å². The minimum Gasteiger partial charge on any atom is -0.507 e. The smallest absolute Gasteiger partial charge is 0.123 e. The van der Waals surface area contributed by atoms with Gasteiger partial charge in [-0.3, -0.25) is 4.90 Å². The van der Waals surface area contributed by atoms with Crippen LogP contribution in [-0.4, -0.2) is 36.3 Å². The minimum atomic E-state index is 0.415. The molecule has 1 aliphatic rings. The molecule has 1 fully saturated rings. The highest BCUT2D eigenvalue weighted by Gasteiger charge is 2.13. The first kappa shape index (κ1) is 12.9. The number of hydrogen-bond donors (Lipinski definition) is 1. The number of aromatic hydroxyl groups is 1. The fourth-order valence-corrected chi connectivity index (χ4v) is 2.74. The number of benzene rings is 1. The molecule has 1 N–H and O–H groups in total. The average Bonchev–Trinajstić information content (AvgIpc) is 2.54. The number of phenolic OH excluding ortho intramolecular Hbond substituents is 1. The summed E-state index contributed by atoms with van der Waals surface area (Å²) >= 11 is 3.47. The maximum Gasteiger partial charge on any atom is 0.123 e. The minimum absolute atomic E-state index is 0.415. The molecule has 1 aliphatic heterocycles. The fourth-order valence-electron chi connectivity index (χ4n) is 2.12. The van der Waals surface area contributed by atoms with Crippen LogP contribution in [0, 0.1) is 6.92 Å². The Balaban J connectivity index is 2.11. The summed E-state index contributed by atoms with van der Waals surface area (Å²) in [6.45, 7) is 6.31. The number of hydrogen-bond acceptors (Lipinski definition) is 3. The number of ether oxygens (including phenoxy) is 1. The van der Waals surface area contributed by atoms with Gasteiger partial charge in [-0.25, -0.2) is 0 Å². The van der Waals surface area contributed by atoms with Crippen molar-refractivity contribution in [3.8, 4) is 5.75 Å². The molecule has 3 nitrogen and oxygen atoms in total.